The van der Waals surface area contributed by atoms with Gasteiger partial charge in [-0.25, -0.2) is 4.98 Å². The number of carbonyl (C=O) groups excluding carboxylic acids is 1. The number of anilines is 1. The fourth-order valence-corrected chi connectivity index (χ4v) is 4.26. The molecule has 0 aliphatic rings. The first-order valence-electron chi connectivity index (χ1n) is 10.3. The highest BCUT2D eigenvalue weighted by atomic mass is 35.5. The number of hydrogen-bond acceptors (Lipinski definition) is 2. The van der Waals surface area contributed by atoms with Crippen LogP contribution in [0.2, 0.25) is 5.02 Å². The maximum atomic E-state index is 13.1. The standard InChI is InChI=1S/C26H26ClN3O/c1-15-8-9-30-22(14-24(31)29-25-19(5)10-16(2)11-21(25)27)26(28-23(30)12-15)20-7-6-17(3)18(4)13-20/h6-13H,14H2,1-5H3,(H,29,31). The Kier molecular flexibility index (Phi) is 5.59. The molecule has 4 nitrogen and oxygen atoms in total. The van der Waals surface area contributed by atoms with Gasteiger partial charge in [0.2, 0.25) is 5.91 Å². The minimum atomic E-state index is -0.124. The van der Waals surface area contributed by atoms with E-state index in [4.69, 9.17) is 16.6 Å². The summed E-state index contributed by atoms with van der Waals surface area (Å²) in [5.41, 5.74) is 9.76. The molecule has 0 saturated carbocycles. The number of nitrogens with one attached hydrogen (secondary N) is 1. The molecule has 2 aromatic carbocycles. The molecule has 4 rings (SSSR count). The first kappa shape index (κ1) is 21.1. The summed E-state index contributed by atoms with van der Waals surface area (Å²) in [5, 5.41) is 3.56. The molecule has 0 bridgehead atoms. The van der Waals surface area contributed by atoms with Crippen LogP contribution < -0.4 is 5.32 Å². The number of rotatable bonds is 4. The summed E-state index contributed by atoms with van der Waals surface area (Å²) < 4.78 is 2.00. The number of amides is 1. The van der Waals surface area contributed by atoms with Crippen LogP contribution in [-0.2, 0) is 11.2 Å². The van der Waals surface area contributed by atoms with E-state index >= 15 is 0 Å². The highest BCUT2D eigenvalue weighted by Gasteiger charge is 2.19. The molecule has 0 aliphatic carbocycles. The summed E-state index contributed by atoms with van der Waals surface area (Å²) in [6.07, 6.45) is 2.17. The first-order valence-corrected chi connectivity index (χ1v) is 10.7. The minimum Gasteiger partial charge on any atom is -0.324 e. The summed E-state index contributed by atoms with van der Waals surface area (Å²) >= 11 is 6.40. The molecule has 5 heteroatoms. The Morgan fingerprint density at radius 3 is 2.42 bits per heavy atom. The quantitative estimate of drug-likeness (QED) is 0.407. The van der Waals surface area contributed by atoms with Gasteiger partial charge < -0.3 is 9.72 Å². The van der Waals surface area contributed by atoms with E-state index in [2.05, 4.69) is 37.4 Å². The number of hydrogen-bond donors (Lipinski definition) is 1. The molecule has 1 N–H and O–H groups in total. The van der Waals surface area contributed by atoms with E-state index in [-0.39, 0.29) is 12.3 Å². The first-order chi connectivity index (χ1) is 14.7. The largest absolute Gasteiger partial charge is 0.324 e. The SMILES string of the molecule is Cc1cc(C)c(NC(=O)Cc2c(-c3ccc(C)c(C)c3)nc3cc(C)ccn23)c(Cl)c1. The predicted octanol–water partition coefficient (Wildman–Crippen LogP) is 6.38. The van der Waals surface area contributed by atoms with Crippen molar-refractivity contribution < 1.29 is 4.79 Å². The molecule has 2 aromatic heterocycles. The number of aryl methyl sites for hydroxylation is 5. The second kappa shape index (κ2) is 8.20. The third-order valence-corrected chi connectivity index (χ3v) is 5.98. The summed E-state index contributed by atoms with van der Waals surface area (Å²) in [6, 6.07) is 14.2. The summed E-state index contributed by atoms with van der Waals surface area (Å²) in [5.74, 6) is -0.124. The zero-order valence-electron chi connectivity index (χ0n) is 18.5. The van der Waals surface area contributed by atoms with Crippen molar-refractivity contribution in [2.75, 3.05) is 5.32 Å². The van der Waals surface area contributed by atoms with Gasteiger partial charge in [0.1, 0.15) is 5.65 Å². The van der Waals surface area contributed by atoms with Crippen molar-refractivity contribution >= 4 is 28.8 Å². The maximum absolute atomic E-state index is 13.1. The summed E-state index contributed by atoms with van der Waals surface area (Å²) in [4.78, 5) is 18.0. The van der Waals surface area contributed by atoms with E-state index in [1.165, 1.54) is 11.1 Å². The molecule has 2 heterocycles. The lowest BCUT2D eigenvalue weighted by atomic mass is 10.0. The Bertz CT molecular complexity index is 1300. The zero-order chi connectivity index (χ0) is 22.3. The molecular formula is C26H26ClN3O. The zero-order valence-corrected chi connectivity index (χ0v) is 19.3. The Hall–Kier alpha value is -3.11. The van der Waals surface area contributed by atoms with Gasteiger partial charge in [0, 0.05) is 11.8 Å². The molecule has 158 valence electrons. The van der Waals surface area contributed by atoms with Gasteiger partial charge in [-0.2, -0.15) is 0 Å². The van der Waals surface area contributed by atoms with Crippen molar-refractivity contribution in [2.24, 2.45) is 0 Å². The number of carbonyl (C=O) groups is 1. The van der Waals surface area contributed by atoms with Crippen molar-refractivity contribution in [3.05, 3.63) is 87.2 Å². The van der Waals surface area contributed by atoms with Crippen LogP contribution in [0.1, 0.15) is 33.5 Å². The van der Waals surface area contributed by atoms with Gasteiger partial charge in [-0.1, -0.05) is 29.8 Å². The molecule has 0 atom stereocenters. The van der Waals surface area contributed by atoms with Crippen LogP contribution in [0.5, 0.6) is 0 Å². The number of halogens is 1. The number of pyridine rings is 1. The van der Waals surface area contributed by atoms with Crippen molar-refractivity contribution in [3.8, 4) is 11.3 Å². The highest BCUT2D eigenvalue weighted by Crippen LogP contribution is 2.30. The molecule has 0 unspecified atom stereocenters. The second-order valence-electron chi connectivity index (χ2n) is 8.30. The van der Waals surface area contributed by atoms with Gasteiger partial charge in [0.15, 0.2) is 0 Å². The molecule has 1 amide bonds. The normalized spacial score (nSPS) is 11.2. The van der Waals surface area contributed by atoms with Gasteiger partial charge >= 0.3 is 0 Å². The molecule has 4 aromatic rings. The minimum absolute atomic E-state index is 0.124. The summed E-state index contributed by atoms with van der Waals surface area (Å²) in [7, 11) is 0. The van der Waals surface area contributed by atoms with Gasteiger partial charge in [-0.3, -0.25) is 4.79 Å². The van der Waals surface area contributed by atoms with Crippen LogP contribution in [0.3, 0.4) is 0 Å². The van der Waals surface area contributed by atoms with Gasteiger partial charge in [0.05, 0.1) is 28.5 Å². The van der Waals surface area contributed by atoms with Crippen LogP contribution in [0, 0.1) is 34.6 Å². The number of aromatic nitrogens is 2. The maximum Gasteiger partial charge on any atom is 0.230 e. The van der Waals surface area contributed by atoms with Gasteiger partial charge in [0.25, 0.3) is 0 Å². The molecule has 0 fully saturated rings. The molecular weight excluding hydrogens is 406 g/mol. The van der Waals surface area contributed by atoms with Crippen LogP contribution in [0.25, 0.3) is 16.9 Å². The van der Waals surface area contributed by atoms with Crippen molar-refractivity contribution in [1.29, 1.82) is 0 Å². The average molecular weight is 432 g/mol. The second-order valence-corrected chi connectivity index (χ2v) is 8.71. The number of nitrogens with zero attached hydrogens (tertiary/aromatic N) is 2. The third kappa shape index (κ3) is 4.21. The van der Waals surface area contributed by atoms with E-state index < -0.39 is 0 Å². The predicted molar refractivity (Wildman–Crippen MR) is 128 cm³/mol. The number of fused-ring (bicyclic) bond motifs is 1. The Balaban J connectivity index is 1.75. The fourth-order valence-electron chi connectivity index (χ4n) is 3.90. The van der Waals surface area contributed by atoms with Crippen LogP contribution in [0.15, 0.2) is 48.7 Å². The number of imidazole rings is 1. The fraction of sp³-hybridized carbons (Fsp3) is 0.231. The van der Waals surface area contributed by atoms with Crippen molar-refractivity contribution in [3.63, 3.8) is 0 Å². The monoisotopic (exact) mass is 431 g/mol. The van der Waals surface area contributed by atoms with Gasteiger partial charge in [-0.15, -0.1) is 0 Å². The lowest BCUT2D eigenvalue weighted by molar-refractivity contribution is -0.115. The molecule has 0 aliphatic heterocycles. The van der Waals surface area contributed by atoms with E-state index in [0.717, 1.165) is 39.3 Å². The Morgan fingerprint density at radius 2 is 1.71 bits per heavy atom. The molecule has 0 spiro atoms. The number of benzene rings is 2. The lowest BCUT2D eigenvalue weighted by Crippen LogP contribution is -2.17. The lowest BCUT2D eigenvalue weighted by Gasteiger charge is -2.12. The highest BCUT2D eigenvalue weighted by molar-refractivity contribution is 6.34. The topological polar surface area (TPSA) is 46.4 Å². The molecule has 0 saturated heterocycles. The van der Waals surface area contributed by atoms with E-state index in [1.807, 2.05) is 55.6 Å². The Morgan fingerprint density at radius 1 is 0.935 bits per heavy atom. The van der Waals surface area contributed by atoms with Crippen LogP contribution in [-0.4, -0.2) is 15.3 Å². The smallest absolute Gasteiger partial charge is 0.230 e. The molecule has 31 heavy (non-hydrogen) atoms. The van der Waals surface area contributed by atoms with E-state index in [9.17, 15) is 4.79 Å². The van der Waals surface area contributed by atoms with Crippen LogP contribution >= 0.6 is 11.6 Å². The molecule has 0 radical (unpaired) electrons. The van der Waals surface area contributed by atoms with Crippen molar-refractivity contribution in [2.45, 2.75) is 41.0 Å². The Labute approximate surface area is 187 Å². The van der Waals surface area contributed by atoms with Gasteiger partial charge in [-0.05, 0) is 86.7 Å². The van der Waals surface area contributed by atoms with Crippen molar-refractivity contribution in [1.82, 2.24) is 9.38 Å². The van der Waals surface area contributed by atoms with E-state index in [1.54, 1.807) is 0 Å². The third-order valence-electron chi connectivity index (χ3n) is 5.69. The average Bonchev–Trinajstić information content (AvgIpc) is 3.04. The summed E-state index contributed by atoms with van der Waals surface area (Å²) in [6.45, 7) is 10.2. The van der Waals surface area contributed by atoms with Crippen LogP contribution in [0.4, 0.5) is 5.69 Å². The van der Waals surface area contributed by atoms with E-state index in [0.29, 0.717) is 10.7 Å².